The van der Waals surface area contributed by atoms with Crippen molar-refractivity contribution in [2.75, 3.05) is 12.8 Å². The van der Waals surface area contributed by atoms with E-state index in [0.29, 0.717) is 17.1 Å². The molecule has 3 N–H and O–H groups in total. The first-order valence-corrected chi connectivity index (χ1v) is 4.85. The lowest BCUT2D eigenvalue weighted by molar-refractivity contribution is 0.0957. The van der Waals surface area contributed by atoms with E-state index in [1.165, 1.54) is 6.20 Å². The zero-order chi connectivity index (χ0) is 10.8. The third-order valence-electron chi connectivity index (χ3n) is 2.17. The maximum atomic E-state index is 11.3. The number of nitrogens with one attached hydrogen (secondary N) is 1. The highest BCUT2D eigenvalue weighted by Crippen LogP contribution is 2.30. The zero-order valence-electron chi connectivity index (χ0n) is 8.49. The molecule has 0 aliphatic heterocycles. The topological polar surface area (TPSA) is 77.2 Å². The monoisotopic (exact) mass is 207 g/mol. The largest absolute Gasteiger partial charge is 0.488 e. The summed E-state index contributed by atoms with van der Waals surface area (Å²) in [5.41, 5.74) is 6.48. The third kappa shape index (κ3) is 2.18. The summed E-state index contributed by atoms with van der Waals surface area (Å²) in [5.74, 6) is 0.307. The van der Waals surface area contributed by atoms with Crippen molar-refractivity contribution in [3.63, 3.8) is 0 Å². The van der Waals surface area contributed by atoms with Crippen LogP contribution in [0.25, 0.3) is 0 Å². The first-order valence-electron chi connectivity index (χ1n) is 4.85. The molecular formula is C10H13N3O2. The van der Waals surface area contributed by atoms with Crippen LogP contribution in [0.15, 0.2) is 12.3 Å². The van der Waals surface area contributed by atoms with E-state index >= 15 is 0 Å². The number of aromatic nitrogens is 1. The Kier molecular flexibility index (Phi) is 2.45. The highest BCUT2D eigenvalue weighted by molar-refractivity contribution is 5.92. The van der Waals surface area contributed by atoms with Crippen LogP contribution < -0.4 is 15.8 Å². The Hall–Kier alpha value is -1.78. The van der Waals surface area contributed by atoms with Crippen LogP contribution in [0.2, 0.25) is 0 Å². The van der Waals surface area contributed by atoms with Crippen molar-refractivity contribution >= 4 is 11.6 Å². The van der Waals surface area contributed by atoms with E-state index < -0.39 is 0 Å². The van der Waals surface area contributed by atoms with E-state index in [2.05, 4.69) is 10.3 Å². The van der Waals surface area contributed by atoms with Crippen molar-refractivity contribution in [2.24, 2.45) is 0 Å². The van der Waals surface area contributed by atoms with Gasteiger partial charge in [0.1, 0.15) is 11.4 Å². The number of nitrogen functional groups attached to an aromatic ring is 1. The molecule has 0 unspecified atom stereocenters. The number of nitrogens with zero attached hydrogens (tertiary/aromatic N) is 1. The Labute approximate surface area is 87.6 Å². The van der Waals surface area contributed by atoms with Gasteiger partial charge in [0.15, 0.2) is 0 Å². The minimum Gasteiger partial charge on any atom is -0.488 e. The molecule has 1 aromatic heterocycles. The van der Waals surface area contributed by atoms with Crippen LogP contribution in [0.5, 0.6) is 5.75 Å². The lowest BCUT2D eigenvalue weighted by Gasteiger charge is -2.08. The molecule has 1 saturated carbocycles. The fourth-order valence-electron chi connectivity index (χ4n) is 1.17. The van der Waals surface area contributed by atoms with Crippen LogP contribution in [0.1, 0.15) is 23.3 Å². The van der Waals surface area contributed by atoms with Crippen LogP contribution >= 0.6 is 0 Å². The number of pyridine rings is 1. The zero-order valence-corrected chi connectivity index (χ0v) is 8.49. The van der Waals surface area contributed by atoms with Crippen molar-refractivity contribution in [2.45, 2.75) is 18.9 Å². The van der Waals surface area contributed by atoms with Crippen LogP contribution in [0.3, 0.4) is 0 Å². The quantitative estimate of drug-likeness (QED) is 0.759. The average molecular weight is 207 g/mol. The fourth-order valence-corrected chi connectivity index (χ4v) is 1.17. The maximum Gasteiger partial charge on any atom is 0.269 e. The number of carbonyl (C=O) groups is 1. The molecule has 0 atom stereocenters. The highest BCUT2D eigenvalue weighted by atomic mass is 16.5. The molecule has 80 valence electrons. The van der Waals surface area contributed by atoms with Gasteiger partial charge in [-0.05, 0) is 12.8 Å². The molecule has 0 saturated heterocycles. The minimum atomic E-state index is -0.240. The summed E-state index contributed by atoms with van der Waals surface area (Å²) < 4.78 is 5.55. The second-order valence-corrected chi connectivity index (χ2v) is 3.50. The number of rotatable bonds is 3. The van der Waals surface area contributed by atoms with Gasteiger partial charge in [0.25, 0.3) is 5.91 Å². The number of carbonyl (C=O) groups excluding carboxylic acids is 1. The molecule has 0 radical (unpaired) electrons. The standard InChI is InChI=1S/C10H13N3O2/c1-12-10(14)8-4-9(7(11)5-13-8)15-6-2-3-6/h4-6H,2-3,11H2,1H3,(H,12,14). The van der Waals surface area contributed by atoms with Gasteiger partial charge in [0, 0.05) is 13.1 Å². The summed E-state index contributed by atoms with van der Waals surface area (Å²) in [4.78, 5) is 15.2. The summed E-state index contributed by atoms with van der Waals surface area (Å²) in [7, 11) is 1.56. The summed E-state index contributed by atoms with van der Waals surface area (Å²) in [6.45, 7) is 0. The number of hydrogen-bond donors (Lipinski definition) is 2. The summed E-state index contributed by atoms with van der Waals surface area (Å²) in [6.07, 6.45) is 3.81. The Bertz CT molecular complexity index is 388. The van der Waals surface area contributed by atoms with E-state index in [0.717, 1.165) is 12.8 Å². The Morgan fingerprint density at radius 2 is 2.40 bits per heavy atom. The molecule has 1 amide bonds. The van der Waals surface area contributed by atoms with Gasteiger partial charge in [-0.3, -0.25) is 4.79 Å². The predicted octanol–water partition coefficient (Wildman–Crippen LogP) is 0.565. The van der Waals surface area contributed by atoms with Crippen LogP contribution in [0, 0.1) is 0 Å². The molecule has 1 aromatic rings. The molecular weight excluding hydrogens is 194 g/mol. The Morgan fingerprint density at radius 1 is 1.67 bits per heavy atom. The van der Waals surface area contributed by atoms with Gasteiger partial charge >= 0.3 is 0 Å². The number of anilines is 1. The van der Waals surface area contributed by atoms with Crippen molar-refractivity contribution < 1.29 is 9.53 Å². The van der Waals surface area contributed by atoms with Gasteiger partial charge in [-0.25, -0.2) is 4.98 Å². The van der Waals surface area contributed by atoms with Gasteiger partial charge in [-0.2, -0.15) is 0 Å². The molecule has 1 aliphatic rings. The van der Waals surface area contributed by atoms with Crippen LogP contribution in [-0.4, -0.2) is 24.0 Å². The van der Waals surface area contributed by atoms with Crippen molar-refractivity contribution in [1.82, 2.24) is 10.3 Å². The predicted molar refractivity (Wildman–Crippen MR) is 55.7 cm³/mol. The first-order chi connectivity index (χ1) is 7.20. The van der Waals surface area contributed by atoms with E-state index in [1.54, 1.807) is 13.1 Å². The van der Waals surface area contributed by atoms with Gasteiger partial charge in [0.2, 0.25) is 0 Å². The number of amides is 1. The summed E-state index contributed by atoms with van der Waals surface area (Å²) in [6, 6.07) is 1.58. The SMILES string of the molecule is CNC(=O)c1cc(OC2CC2)c(N)cn1. The van der Waals surface area contributed by atoms with Gasteiger partial charge in [-0.1, -0.05) is 0 Å². The molecule has 1 aliphatic carbocycles. The van der Waals surface area contributed by atoms with Gasteiger partial charge in [-0.15, -0.1) is 0 Å². The van der Waals surface area contributed by atoms with Crippen LogP contribution in [-0.2, 0) is 0 Å². The van der Waals surface area contributed by atoms with Gasteiger partial charge in [0.05, 0.1) is 18.0 Å². The summed E-state index contributed by atoms with van der Waals surface area (Å²) >= 11 is 0. The van der Waals surface area contributed by atoms with Crippen molar-refractivity contribution in [1.29, 1.82) is 0 Å². The molecule has 5 heteroatoms. The first kappa shape index (κ1) is 9.76. The Balaban J connectivity index is 2.22. The second-order valence-electron chi connectivity index (χ2n) is 3.50. The second kappa shape index (κ2) is 3.76. The molecule has 15 heavy (non-hydrogen) atoms. The molecule has 2 rings (SSSR count). The molecule has 0 spiro atoms. The minimum absolute atomic E-state index is 0.240. The lowest BCUT2D eigenvalue weighted by Crippen LogP contribution is -2.19. The average Bonchev–Trinajstić information content (AvgIpc) is 3.04. The Morgan fingerprint density at radius 3 is 3.00 bits per heavy atom. The smallest absolute Gasteiger partial charge is 0.269 e. The molecule has 1 heterocycles. The normalized spacial score (nSPS) is 14.7. The molecule has 5 nitrogen and oxygen atoms in total. The number of nitrogens with two attached hydrogens (primary N) is 1. The summed E-state index contributed by atoms with van der Waals surface area (Å²) in [5, 5.41) is 2.50. The van der Waals surface area contributed by atoms with E-state index in [9.17, 15) is 4.79 Å². The van der Waals surface area contributed by atoms with Crippen LogP contribution in [0.4, 0.5) is 5.69 Å². The third-order valence-corrected chi connectivity index (χ3v) is 2.17. The van der Waals surface area contributed by atoms with Gasteiger partial charge < -0.3 is 15.8 Å². The lowest BCUT2D eigenvalue weighted by atomic mass is 10.3. The van der Waals surface area contributed by atoms with Crippen molar-refractivity contribution in [3.8, 4) is 5.75 Å². The number of ether oxygens (including phenoxy) is 1. The molecule has 0 bridgehead atoms. The van der Waals surface area contributed by atoms with E-state index in [4.69, 9.17) is 10.5 Å². The van der Waals surface area contributed by atoms with E-state index in [1.807, 2.05) is 0 Å². The van der Waals surface area contributed by atoms with E-state index in [-0.39, 0.29) is 12.0 Å². The molecule has 1 fully saturated rings. The molecule has 0 aromatic carbocycles. The number of hydrogen-bond acceptors (Lipinski definition) is 4. The highest BCUT2D eigenvalue weighted by Gasteiger charge is 2.24. The maximum absolute atomic E-state index is 11.3. The fraction of sp³-hybridized carbons (Fsp3) is 0.400. The van der Waals surface area contributed by atoms with Crippen molar-refractivity contribution in [3.05, 3.63) is 18.0 Å².